The van der Waals surface area contributed by atoms with Gasteiger partial charge in [-0.1, -0.05) is 28.1 Å². The molecule has 3 aromatic rings. The molecule has 3 rings (SSSR count). The number of nitrogens with two attached hydrogens (primary N) is 1. The number of benzene rings is 2. The van der Waals surface area contributed by atoms with Crippen LogP contribution in [0, 0.1) is 0 Å². The minimum atomic E-state index is -1.20. The molecule has 6 heteroatoms. The maximum Gasteiger partial charge on any atom is 1.00 e. The van der Waals surface area contributed by atoms with E-state index in [-0.39, 0.29) is 35.1 Å². The van der Waals surface area contributed by atoms with Crippen LogP contribution in [-0.4, -0.2) is 11.0 Å². The summed E-state index contributed by atoms with van der Waals surface area (Å²) in [6, 6.07) is 8.54. The molecule has 2 aromatic carbocycles. The molecule has 0 aliphatic carbocycles. The summed E-state index contributed by atoms with van der Waals surface area (Å²) in [5, 5.41) is 14.3. The number of nitrogen functional groups attached to an aromatic ring is 1. The van der Waals surface area contributed by atoms with Gasteiger partial charge in [0.15, 0.2) is 0 Å². The quantitative estimate of drug-likeness (QED) is 0.460. The van der Waals surface area contributed by atoms with Gasteiger partial charge in [-0.25, -0.2) is 4.98 Å². The number of hydrogen-bond acceptors (Lipinski definition) is 4. The summed E-state index contributed by atoms with van der Waals surface area (Å²) in [4.78, 5) is 15.0. The smallest absolute Gasteiger partial charge is 0.545 e. The van der Waals surface area contributed by atoms with E-state index in [4.69, 9.17) is 5.73 Å². The Labute approximate surface area is 145 Å². The summed E-state index contributed by atoms with van der Waals surface area (Å²) in [7, 11) is 0. The number of carbonyl (C=O) groups excluding carboxylic acids is 1. The van der Waals surface area contributed by atoms with Gasteiger partial charge in [0, 0.05) is 21.4 Å². The first-order valence-corrected chi connectivity index (χ1v) is 6.35. The number of hydrogen-bond donors (Lipinski definition) is 1. The number of pyridine rings is 1. The van der Waals surface area contributed by atoms with Gasteiger partial charge in [-0.05, 0) is 34.5 Å². The Morgan fingerprint density at radius 3 is 2.65 bits per heavy atom. The van der Waals surface area contributed by atoms with Crippen molar-refractivity contribution in [3.8, 4) is 0 Å². The number of rotatable bonds is 1. The number of nitrogens with zero attached hydrogens (tertiary/aromatic N) is 1. The molecule has 94 valence electrons. The maximum absolute atomic E-state index is 10.9. The number of carboxylic acid groups (broad SMARTS) is 1. The van der Waals surface area contributed by atoms with Crippen molar-refractivity contribution < 1.29 is 39.5 Å². The average Bonchev–Trinajstić information content (AvgIpc) is 2.38. The minimum Gasteiger partial charge on any atom is -0.545 e. The number of aromatic carboxylic acids is 1. The predicted octanol–water partition coefficient (Wildman–Crippen LogP) is -0.900. The van der Waals surface area contributed by atoms with Crippen LogP contribution in [0.5, 0.6) is 0 Å². The first-order valence-electron chi connectivity index (χ1n) is 5.56. The van der Waals surface area contributed by atoms with Crippen LogP contribution in [0.15, 0.2) is 41.0 Å². The Morgan fingerprint density at radius 2 is 1.95 bits per heavy atom. The normalized spacial score (nSPS) is 10.4. The molecule has 0 fully saturated rings. The molecule has 2 N–H and O–H groups in total. The summed E-state index contributed by atoms with van der Waals surface area (Å²) in [6.45, 7) is 0. The van der Waals surface area contributed by atoms with Crippen LogP contribution < -0.4 is 40.4 Å². The van der Waals surface area contributed by atoms with Crippen molar-refractivity contribution in [3.05, 3.63) is 46.6 Å². The molecule has 0 saturated heterocycles. The zero-order chi connectivity index (χ0) is 13.6. The molecule has 0 radical (unpaired) electrons. The van der Waals surface area contributed by atoms with E-state index in [0.717, 1.165) is 26.0 Å². The van der Waals surface area contributed by atoms with E-state index in [9.17, 15) is 9.90 Å². The van der Waals surface area contributed by atoms with Crippen molar-refractivity contribution in [2.45, 2.75) is 0 Å². The fourth-order valence-electron chi connectivity index (χ4n) is 2.21. The summed E-state index contributed by atoms with van der Waals surface area (Å²) >= 11 is 3.47. The topological polar surface area (TPSA) is 79.0 Å². The molecule has 4 nitrogen and oxygen atoms in total. The Bertz CT molecular complexity index is 836. The number of carboxylic acids is 1. The van der Waals surface area contributed by atoms with E-state index >= 15 is 0 Å². The van der Waals surface area contributed by atoms with Crippen molar-refractivity contribution in [1.29, 1.82) is 0 Å². The van der Waals surface area contributed by atoms with Gasteiger partial charge in [0.2, 0.25) is 0 Å². The molecule has 0 aliphatic rings. The molecule has 1 aromatic heterocycles. The number of halogens is 1. The Kier molecular flexibility index (Phi) is 4.34. The largest absolute Gasteiger partial charge is 1.00 e. The first-order chi connectivity index (χ1) is 9.08. The van der Waals surface area contributed by atoms with E-state index < -0.39 is 5.97 Å². The molecular formula is C14H8BrN2NaO2. The van der Waals surface area contributed by atoms with Gasteiger partial charge in [-0.3, -0.25) is 0 Å². The predicted molar refractivity (Wildman–Crippen MR) is 75.7 cm³/mol. The van der Waals surface area contributed by atoms with Crippen LogP contribution in [0.2, 0.25) is 0 Å². The molecular weight excluding hydrogens is 331 g/mol. The van der Waals surface area contributed by atoms with Crippen LogP contribution in [0.25, 0.3) is 21.5 Å². The number of carbonyl (C=O) groups is 1. The fourth-order valence-corrected chi connectivity index (χ4v) is 2.79. The Balaban J connectivity index is 0.00000147. The van der Waals surface area contributed by atoms with Gasteiger partial charge in [0.1, 0.15) is 5.82 Å². The summed E-state index contributed by atoms with van der Waals surface area (Å²) in [5.74, 6) is -0.776. The fraction of sp³-hybridized carbons (Fsp3) is 0. The minimum absolute atomic E-state index is 0. The molecule has 0 amide bonds. The van der Waals surface area contributed by atoms with Crippen molar-refractivity contribution in [2.75, 3.05) is 5.73 Å². The summed E-state index contributed by atoms with van der Waals surface area (Å²) < 4.78 is 0.847. The molecule has 0 unspecified atom stereocenters. The van der Waals surface area contributed by atoms with Gasteiger partial charge < -0.3 is 15.6 Å². The van der Waals surface area contributed by atoms with Crippen LogP contribution >= 0.6 is 15.9 Å². The molecule has 0 saturated carbocycles. The number of anilines is 1. The zero-order valence-corrected chi connectivity index (χ0v) is 14.3. The molecule has 1 heterocycles. The van der Waals surface area contributed by atoms with Gasteiger partial charge in [0.25, 0.3) is 0 Å². The van der Waals surface area contributed by atoms with Crippen LogP contribution in [-0.2, 0) is 0 Å². The van der Waals surface area contributed by atoms with Crippen LogP contribution in [0.3, 0.4) is 0 Å². The van der Waals surface area contributed by atoms with Gasteiger partial charge in [-0.15, -0.1) is 0 Å². The van der Waals surface area contributed by atoms with Gasteiger partial charge in [0.05, 0.1) is 5.97 Å². The van der Waals surface area contributed by atoms with E-state index in [1.807, 2.05) is 12.1 Å². The molecule has 20 heavy (non-hydrogen) atoms. The molecule has 0 atom stereocenters. The summed E-state index contributed by atoms with van der Waals surface area (Å²) in [6.07, 6.45) is 1.64. The third-order valence-corrected chi connectivity index (χ3v) is 3.73. The molecule has 0 aliphatic heterocycles. The van der Waals surface area contributed by atoms with E-state index in [1.165, 1.54) is 6.07 Å². The third kappa shape index (κ3) is 2.42. The first kappa shape index (κ1) is 15.3. The number of aromatic nitrogens is 1. The van der Waals surface area contributed by atoms with Gasteiger partial charge >= 0.3 is 29.6 Å². The zero-order valence-electron chi connectivity index (χ0n) is 10.7. The van der Waals surface area contributed by atoms with Crippen LogP contribution in [0.1, 0.15) is 10.4 Å². The second-order valence-electron chi connectivity index (χ2n) is 4.20. The standard InChI is InChI=1S/C14H9BrN2O2.Na/c15-11-6-8-5-7(14(18)19)1-2-9(8)12-10(11)3-4-17-13(12)16;/h1-6H,(H2,16,17)(H,18,19);/q;+1/p-1. The van der Waals surface area contributed by atoms with E-state index in [1.54, 1.807) is 18.3 Å². The maximum atomic E-state index is 10.9. The SMILES string of the molecule is Nc1nccc2c(Br)cc3cc(C(=O)[O-])ccc3c12.[Na+]. The Hall–Kier alpha value is -1.14. The second kappa shape index (κ2) is 5.69. The van der Waals surface area contributed by atoms with Crippen LogP contribution in [0.4, 0.5) is 5.82 Å². The summed E-state index contributed by atoms with van der Waals surface area (Å²) in [5.41, 5.74) is 6.07. The molecule has 0 bridgehead atoms. The van der Waals surface area contributed by atoms with Crippen molar-refractivity contribution >= 4 is 49.3 Å². The van der Waals surface area contributed by atoms with E-state index in [2.05, 4.69) is 20.9 Å². The number of fused-ring (bicyclic) bond motifs is 3. The molecule has 0 spiro atoms. The van der Waals surface area contributed by atoms with E-state index in [0.29, 0.717) is 5.82 Å². The Morgan fingerprint density at radius 1 is 1.20 bits per heavy atom. The monoisotopic (exact) mass is 338 g/mol. The average molecular weight is 339 g/mol. The van der Waals surface area contributed by atoms with Crippen molar-refractivity contribution in [1.82, 2.24) is 4.98 Å². The van der Waals surface area contributed by atoms with Crippen molar-refractivity contribution in [3.63, 3.8) is 0 Å². The third-order valence-electron chi connectivity index (χ3n) is 3.08. The van der Waals surface area contributed by atoms with Gasteiger partial charge in [-0.2, -0.15) is 0 Å². The second-order valence-corrected chi connectivity index (χ2v) is 5.05. The van der Waals surface area contributed by atoms with Crippen molar-refractivity contribution in [2.24, 2.45) is 0 Å².